The van der Waals surface area contributed by atoms with Crippen LogP contribution in [0.5, 0.6) is 0 Å². The first-order valence-electron chi connectivity index (χ1n) is 7.74. The number of fused-ring (bicyclic) bond motifs is 1. The van der Waals surface area contributed by atoms with E-state index in [1.165, 1.54) is 23.3 Å². The number of hydrogen-bond acceptors (Lipinski definition) is 3. The van der Waals surface area contributed by atoms with Gasteiger partial charge in [0.25, 0.3) is 0 Å². The van der Waals surface area contributed by atoms with Crippen molar-refractivity contribution in [2.24, 2.45) is 0 Å². The standard InChI is InChI=1S/C16H26N2OS/c1-4-6-11(2)17-16(19)12(3)18-14-7-5-8-15-13(14)9-10-20-15/h9-12,14,18H,4-8H2,1-3H3,(H,17,19). The van der Waals surface area contributed by atoms with Gasteiger partial charge < -0.3 is 5.32 Å². The van der Waals surface area contributed by atoms with E-state index in [0.29, 0.717) is 6.04 Å². The lowest BCUT2D eigenvalue weighted by atomic mass is 9.93. The predicted octanol–water partition coefficient (Wildman–Crippen LogP) is 3.41. The van der Waals surface area contributed by atoms with E-state index in [9.17, 15) is 4.79 Å². The van der Waals surface area contributed by atoms with Crippen LogP contribution in [-0.2, 0) is 11.2 Å². The van der Waals surface area contributed by atoms with Gasteiger partial charge in [-0.05, 0) is 56.5 Å². The Balaban J connectivity index is 1.89. The number of rotatable bonds is 6. The molecule has 4 heteroatoms. The largest absolute Gasteiger partial charge is 0.352 e. The lowest BCUT2D eigenvalue weighted by molar-refractivity contribution is -0.123. The van der Waals surface area contributed by atoms with Crippen molar-refractivity contribution in [3.8, 4) is 0 Å². The molecule has 0 fully saturated rings. The topological polar surface area (TPSA) is 41.1 Å². The van der Waals surface area contributed by atoms with E-state index in [-0.39, 0.29) is 18.0 Å². The molecule has 2 N–H and O–H groups in total. The number of carbonyl (C=O) groups is 1. The van der Waals surface area contributed by atoms with Crippen LogP contribution < -0.4 is 10.6 Å². The van der Waals surface area contributed by atoms with Gasteiger partial charge >= 0.3 is 0 Å². The molecule has 1 aliphatic rings. The average molecular weight is 294 g/mol. The van der Waals surface area contributed by atoms with Crippen molar-refractivity contribution in [2.75, 3.05) is 0 Å². The van der Waals surface area contributed by atoms with Crippen LogP contribution in [0, 0.1) is 0 Å². The number of amides is 1. The molecule has 20 heavy (non-hydrogen) atoms. The van der Waals surface area contributed by atoms with E-state index in [2.05, 4.69) is 35.9 Å². The van der Waals surface area contributed by atoms with Crippen molar-refractivity contribution in [2.45, 2.75) is 71.0 Å². The van der Waals surface area contributed by atoms with Crippen molar-refractivity contribution < 1.29 is 4.79 Å². The maximum absolute atomic E-state index is 12.2. The number of hydrogen-bond donors (Lipinski definition) is 2. The molecule has 1 aromatic rings. The first-order valence-corrected chi connectivity index (χ1v) is 8.62. The number of carbonyl (C=O) groups excluding carboxylic acids is 1. The molecule has 0 bridgehead atoms. The number of thiophene rings is 1. The summed E-state index contributed by atoms with van der Waals surface area (Å²) in [5, 5.41) is 8.76. The average Bonchev–Trinajstić information content (AvgIpc) is 2.88. The first kappa shape index (κ1) is 15.5. The Kier molecular flexibility index (Phi) is 5.61. The molecule has 3 unspecified atom stereocenters. The molecule has 3 nitrogen and oxygen atoms in total. The highest BCUT2D eigenvalue weighted by Crippen LogP contribution is 2.33. The summed E-state index contributed by atoms with van der Waals surface area (Å²) < 4.78 is 0. The summed E-state index contributed by atoms with van der Waals surface area (Å²) in [6.07, 6.45) is 5.68. The highest BCUT2D eigenvalue weighted by molar-refractivity contribution is 7.10. The van der Waals surface area contributed by atoms with Gasteiger partial charge in [0.05, 0.1) is 6.04 Å². The van der Waals surface area contributed by atoms with Crippen LogP contribution in [0.2, 0.25) is 0 Å². The minimum absolute atomic E-state index is 0.119. The summed E-state index contributed by atoms with van der Waals surface area (Å²) in [6.45, 7) is 6.19. The SMILES string of the molecule is CCCC(C)NC(=O)C(C)NC1CCCc2sccc21. The molecule has 112 valence electrons. The van der Waals surface area contributed by atoms with Crippen LogP contribution >= 0.6 is 11.3 Å². The molecule has 2 rings (SSSR count). The van der Waals surface area contributed by atoms with E-state index >= 15 is 0 Å². The van der Waals surface area contributed by atoms with Crippen molar-refractivity contribution in [3.05, 3.63) is 21.9 Å². The van der Waals surface area contributed by atoms with Gasteiger partial charge in [-0.3, -0.25) is 10.1 Å². The molecular formula is C16H26N2OS. The number of aryl methyl sites for hydroxylation is 1. The van der Waals surface area contributed by atoms with Crippen LogP contribution in [0.15, 0.2) is 11.4 Å². The quantitative estimate of drug-likeness (QED) is 0.844. The monoisotopic (exact) mass is 294 g/mol. The Morgan fingerprint density at radius 3 is 3.05 bits per heavy atom. The second kappa shape index (κ2) is 7.23. The van der Waals surface area contributed by atoms with E-state index in [0.717, 1.165) is 19.3 Å². The Hall–Kier alpha value is -0.870. The van der Waals surface area contributed by atoms with Crippen LogP contribution in [0.3, 0.4) is 0 Å². The molecule has 0 saturated heterocycles. The normalized spacial score (nSPS) is 21.1. The molecule has 0 aliphatic heterocycles. The second-order valence-electron chi connectivity index (χ2n) is 5.83. The van der Waals surface area contributed by atoms with Gasteiger partial charge in [0, 0.05) is 17.0 Å². The molecule has 1 aliphatic carbocycles. The number of nitrogens with one attached hydrogen (secondary N) is 2. The Labute approximate surface area is 126 Å². The molecule has 0 saturated carbocycles. The summed E-state index contributed by atoms with van der Waals surface area (Å²) in [4.78, 5) is 13.7. The Morgan fingerprint density at radius 1 is 1.50 bits per heavy atom. The zero-order chi connectivity index (χ0) is 14.5. The zero-order valence-electron chi connectivity index (χ0n) is 12.7. The van der Waals surface area contributed by atoms with Gasteiger partial charge in [-0.15, -0.1) is 11.3 Å². The lowest BCUT2D eigenvalue weighted by Crippen LogP contribution is -2.46. The van der Waals surface area contributed by atoms with Gasteiger partial charge in [-0.2, -0.15) is 0 Å². The van der Waals surface area contributed by atoms with Gasteiger partial charge in [-0.1, -0.05) is 13.3 Å². The third-order valence-electron chi connectivity index (χ3n) is 4.01. The molecule has 1 heterocycles. The van der Waals surface area contributed by atoms with Gasteiger partial charge in [0.1, 0.15) is 0 Å². The summed E-state index contributed by atoms with van der Waals surface area (Å²) in [5.41, 5.74) is 1.41. The fraction of sp³-hybridized carbons (Fsp3) is 0.688. The minimum atomic E-state index is -0.134. The van der Waals surface area contributed by atoms with Crippen molar-refractivity contribution in [3.63, 3.8) is 0 Å². The Bertz CT molecular complexity index is 443. The van der Waals surface area contributed by atoms with Gasteiger partial charge in [0.2, 0.25) is 5.91 Å². The molecule has 1 aromatic heterocycles. The van der Waals surface area contributed by atoms with Gasteiger partial charge in [-0.25, -0.2) is 0 Å². The molecule has 0 aromatic carbocycles. The molecule has 3 atom stereocenters. The third kappa shape index (κ3) is 3.83. The molecule has 0 radical (unpaired) electrons. The van der Waals surface area contributed by atoms with E-state index in [1.807, 2.05) is 18.3 Å². The van der Waals surface area contributed by atoms with Crippen molar-refractivity contribution in [1.29, 1.82) is 0 Å². The maximum Gasteiger partial charge on any atom is 0.237 e. The van der Waals surface area contributed by atoms with E-state index in [1.54, 1.807) is 0 Å². The maximum atomic E-state index is 12.2. The molecular weight excluding hydrogens is 268 g/mol. The lowest BCUT2D eigenvalue weighted by Gasteiger charge is -2.27. The van der Waals surface area contributed by atoms with Crippen LogP contribution in [0.1, 0.15) is 62.9 Å². The summed E-state index contributed by atoms with van der Waals surface area (Å²) in [5.74, 6) is 0.119. The highest BCUT2D eigenvalue weighted by atomic mass is 32.1. The van der Waals surface area contributed by atoms with Crippen LogP contribution in [0.4, 0.5) is 0 Å². The smallest absolute Gasteiger partial charge is 0.237 e. The Morgan fingerprint density at radius 2 is 2.30 bits per heavy atom. The van der Waals surface area contributed by atoms with E-state index in [4.69, 9.17) is 0 Å². The van der Waals surface area contributed by atoms with Crippen molar-refractivity contribution >= 4 is 17.2 Å². The third-order valence-corrected chi connectivity index (χ3v) is 5.00. The van der Waals surface area contributed by atoms with E-state index < -0.39 is 0 Å². The molecule has 0 spiro atoms. The second-order valence-corrected chi connectivity index (χ2v) is 6.83. The molecule has 1 amide bonds. The minimum Gasteiger partial charge on any atom is -0.352 e. The van der Waals surface area contributed by atoms with Crippen LogP contribution in [-0.4, -0.2) is 18.0 Å². The zero-order valence-corrected chi connectivity index (χ0v) is 13.6. The summed E-state index contributed by atoms with van der Waals surface area (Å²) in [6, 6.07) is 2.68. The van der Waals surface area contributed by atoms with Crippen LogP contribution in [0.25, 0.3) is 0 Å². The predicted molar refractivity (Wildman–Crippen MR) is 85.1 cm³/mol. The fourth-order valence-corrected chi connectivity index (χ4v) is 3.90. The van der Waals surface area contributed by atoms with Gasteiger partial charge in [0.15, 0.2) is 0 Å². The fourth-order valence-electron chi connectivity index (χ4n) is 2.91. The highest BCUT2D eigenvalue weighted by Gasteiger charge is 2.24. The summed E-state index contributed by atoms with van der Waals surface area (Å²) >= 11 is 1.84. The van der Waals surface area contributed by atoms with Crippen molar-refractivity contribution in [1.82, 2.24) is 10.6 Å². The first-order chi connectivity index (χ1) is 9.61. The summed E-state index contributed by atoms with van der Waals surface area (Å²) in [7, 11) is 0.